The van der Waals surface area contributed by atoms with Gasteiger partial charge >= 0.3 is 0 Å². The van der Waals surface area contributed by atoms with Crippen LogP contribution in [0.25, 0.3) is 20.4 Å². The molecule has 4 aromatic rings. The molecule has 0 atom stereocenters. The minimum absolute atomic E-state index is 0.268. The molecule has 0 aliphatic heterocycles. The van der Waals surface area contributed by atoms with Crippen molar-refractivity contribution in [3.63, 3.8) is 0 Å². The average molecular weight is 315 g/mol. The van der Waals surface area contributed by atoms with E-state index < -0.39 is 0 Å². The first-order chi connectivity index (χ1) is 10.2. The van der Waals surface area contributed by atoms with E-state index in [9.17, 15) is 4.79 Å². The number of carbonyl (C=O) groups excluding carboxylic acids is 1. The van der Waals surface area contributed by atoms with Crippen LogP contribution >= 0.6 is 22.7 Å². The number of carbonyl (C=O) groups is 1. The SMILES string of the molecule is Cc1nc2c(ccc3nc(NC(=O)c4ccco4)sc32)s1. The van der Waals surface area contributed by atoms with Crippen molar-refractivity contribution in [3.8, 4) is 0 Å². The molecule has 3 heterocycles. The molecular weight excluding hydrogens is 306 g/mol. The van der Waals surface area contributed by atoms with Crippen molar-refractivity contribution in [2.24, 2.45) is 0 Å². The summed E-state index contributed by atoms with van der Waals surface area (Å²) in [6.45, 7) is 1.98. The summed E-state index contributed by atoms with van der Waals surface area (Å²) in [6, 6.07) is 7.26. The van der Waals surface area contributed by atoms with Crippen LogP contribution in [-0.2, 0) is 0 Å². The first-order valence-corrected chi connectivity index (χ1v) is 7.85. The number of aryl methyl sites for hydroxylation is 1. The number of benzene rings is 1. The van der Waals surface area contributed by atoms with Crippen molar-refractivity contribution in [2.75, 3.05) is 5.32 Å². The molecule has 1 amide bonds. The maximum absolute atomic E-state index is 12.0. The zero-order valence-corrected chi connectivity index (χ0v) is 12.5. The third-order valence-electron chi connectivity index (χ3n) is 2.99. The summed E-state index contributed by atoms with van der Waals surface area (Å²) in [6.07, 6.45) is 1.47. The molecule has 4 rings (SSSR count). The predicted molar refractivity (Wildman–Crippen MR) is 84.2 cm³/mol. The van der Waals surface area contributed by atoms with Gasteiger partial charge in [0, 0.05) is 0 Å². The van der Waals surface area contributed by atoms with Crippen LogP contribution in [0, 0.1) is 6.92 Å². The molecule has 104 valence electrons. The Morgan fingerprint density at radius 1 is 1.24 bits per heavy atom. The first-order valence-electron chi connectivity index (χ1n) is 6.22. The van der Waals surface area contributed by atoms with Crippen molar-refractivity contribution in [2.45, 2.75) is 6.92 Å². The number of hydrogen-bond acceptors (Lipinski definition) is 6. The van der Waals surface area contributed by atoms with E-state index in [0.717, 1.165) is 25.4 Å². The third kappa shape index (κ3) is 2.10. The number of nitrogens with zero attached hydrogens (tertiary/aromatic N) is 2. The highest BCUT2D eigenvalue weighted by molar-refractivity contribution is 7.24. The Morgan fingerprint density at radius 2 is 2.14 bits per heavy atom. The van der Waals surface area contributed by atoms with E-state index in [1.165, 1.54) is 17.6 Å². The van der Waals surface area contributed by atoms with Crippen molar-refractivity contribution in [1.29, 1.82) is 0 Å². The summed E-state index contributed by atoms with van der Waals surface area (Å²) < 4.78 is 7.19. The number of thiazole rings is 2. The number of furan rings is 1. The summed E-state index contributed by atoms with van der Waals surface area (Å²) in [5.41, 5.74) is 1.79. The largest absolute Gasteiger partial charge is 0.459 e. The number of rotatable bonds is 2. The van der Waals surface area contributed by atoms with Crippen molar-refractivity contribution in [1.82, 2.24) is 9.97 Å². The second-order valence-electron chi connectivity index (χ2n) is 4.44. The molecule has 1 N–H and O–H groups in total. The summed E-state index contributed by atoms with van der Waals surface area (Å²) >= 11 is 3.08. The number of fused-ring (bicyclic) bond motifs is 3. The Hall–Kier alpha value is -2.25. The number of nitrogens with one attached hydrogen (secondary N) is 1. The lowest BCUT2D eigenvalue weighted by Gasteiger charge is -1.96. The molecular formula is C14H9N3O2S2. The van der Waals surface area contributed by atoms with Gasteiger partial charge in [-0.1, -0.05) is 11.3 Å². The topological polar surface area (TPSA) is 68.0 Å². The number of hydrogen-bond donors (Lipinski definition) is 1. The van der Waals surface area contributed by atoms with Gasteiger partial charge < -0.3 is 4.42 Å². The van der Waals surface area contributed by atoms with Gasteiger partial charge in [-0.25, -0.2) is 9.97 Å². The molecule has 0 fully saturated rings. The van der Waals surface area contributed by atoms with Gasteiger partial charge in [-0.2, -0.15) is 0 Å². The highest BCUT2D eigenvalue weighted by Gasteiger charge is 2.14. The smallest absolute Gasteiger partial charge is 0.293 e. The zero-order chi connectivity index (χ0) is 14.4. The molecule has 3 aromatic heterocycles. The lowest BCUT2D eigenvalue weighted by Crippen LogP contribution is -2.10. The quantitative estimate of drug-likeness (QED) is 0.605. The Morgan fingerprint density at radius 3 is 2.95 bits per heavy atom. The van der Waals surface area contributed by atoms with E-state index in [1.54, 1.807) is 23.5 Å². The van der Waals surface area contributed by atoms with E-state index in [4.69, 9.17) is 4.42 Å². The van der Waals surface area contributed by atoms with Crippen LogP contribution in [-0.4, -0.2) is 15.9 Å². The lowest BCUT2D eigenvalue weighted by molar-refractivity contribution is 0.0996. The molecule has 0 radical (unpaired) electrons. The minimum atomic E-state index is -0.301. The predicted octanol–water partition coefficient (Wildman–Crippen LogP) is 4.06. The van der Waals surface area contributed by atoms with Gasteiger partial charge in [-0.3, -0.25) is 10.1 Å². The molecule has 0 saturated carbocycles. The standard InChI is InChI=1S/C14H9N3O2S2/c1-7-15-11-10(20-7)5-4-8-12(11)21-14(16-8)17-13(18)9-3-2-6-19-9/h2-6H,1H3,(H,16,17,18). The molecule has 21 heavy (non-hydrogen) atoms. The number of aromatic nitrogens is 2. The normalized spacial score (nSPS) is 11.3. The van der Waals surface area contributed by atoms with Crippen LogP contribution in [0.4, 0.5) is 5.13 Å². The van der Waals surface area contributed by atoms with E-state index in [2.05, 4.69) is 15.3 Å². The molecule has 7 heteroatoms. The van der Waals surface area contributed by atoms with E-state index in [1.807, 2.05) is 19.1 Å². The fourth-order valence-corrected chi connectivity index (χ4v) is 3.96. The number of amides is 1. The van der Waals surface area contributed by atoms with Gasteiger partial charge in [0.1, 0.15) is 5.52 Å². The average Bonchev–Trinajstić information content (AvgIpc) is 3.14. The van der Waals surface area contributed by atoms with Gasteiger partial charge in [0.2, 0.25) is 0 Å². The summed E-state index contributed by atoms with van der Waals surface area (Å²) in [5, 5.41) is 4.32. The van der Waals surface area contributed by atoms with Crippen molar-refractivity contribution >= 4 is 54.1 Å². The second kappa shape index (κ2) is 4.64. The van der Waals surface area contributed by atoms with Gasteiger partial charge in [-0.15, -0.1) is 11.3 Å². The minimum Gasteiger partial charge on any atom is -0.459 e. The van der Waals surface area contributed by atoms with Gasteiger partial charge in [0.25, 0.3) is 5.91 Å². The summed E-state index contributed by atoms with van der Waals surface area (Å²) in [5.74, 6) is -0.0336. The zero-order valence-electron chi connectivity index (χ0n) is 10.9. The van der Waals surface area contributed by atoms with Crippen molar-refractivity contribution < 1.29 is 9.21 Å². The van der Waals surface area contributed by atoms with Crippen LogP contribution in [0.1, 0.15) is 15.6 Å². The van der Waals surface area contributed by atoms with Gasteiger partial charge in [0.15, 0.2) is 10.9 Å². The maximum atomic E-state index is 12.0. The Labute approximate surface area is 127 Å². The number of anilines is 1. The molecule has 0 aliphatic carbocycles. The van der Waals surface area contributed by atoms with E-state index in [-0.39, 0.29) is 11.7 Å². The third-order valence-corrected chi connectivity index (χ3v) is 4.92. The Kier molecular flexibility index (Phi) is 2.76. The fourth-order valence-electron chi connectivity index (χ4n) is 2.11. The van der Waals surface area contributed by atoms with Gasteiger partial charge in [0.05, 0.1) is 26.2 Å². The second-order valence-corrected chi connectivity index (χ2v) is 6.68. The molecule has 1 aromatic carbocycles. The van der Waals surface area contributed by atoms with Gasteiger partial charge in [-0.05, 0) is 31.2 Å². The maximum Gasteiger partial charge on any atom is 0.293 e. The molecule has 0 unspecified atom stereocenters. The Bertz CT molecular complexity index is 953. The van der Waals surface area contributed by atoms with Crippen LogP contribution in [0.2, 0.25) is 0 Å². The molecule has 0 aliphatic rings. The van der Waals surface area contributed by atoms with Crippen LogP contribution in [0.5, 0.6) is 0 Å². The van der Waals surface area contributed by atoms with E-state index >= 15 is 0 Å². The fraction of sp³-hybridized carbons (Fsp3) is 0.0714. The van der Waals surface area contributed by atoms with Crippen LogP contribution in [0.15, 0.2) is 34.9 Å². The van der Waals surface area contributed by atoms with E-state index in [0.29, 0.717) is 5.13 Å². The molecule has 0 bridgehead atoms. The summed E-state index contributed by atoms with van der Waals surface area (Å²) in [4.78, 5) is 20.9. The monoisotopic (exact) mass is 315 g/mol. The first kappa shape index (κ1) is 12.5. The molecule has 0 spiro atoms. The highest BCUT2D eigenvalue weighted by Crippen LogP contribution is 2.34. The van der Waals surface area contributed by atoms with Crippen LogP contribution in [0.3, 0.4) is 0 Å². The summed E-state index contributed by atoms with van der Waals surface area (Å²) in [7, 11) is 0. The molecule has 0 saturated heterocycles. The molecule has 5 nitrogen and oxygen atoms in total. The van der Waals surface area contributed by atoms with Crippen LogP contribution < -0.4 is 5.32 Å². The van der Waals surface area contributed by atoms with Crippen molar-refractivity contribution in [3.05, 3.63) is 41.3 Å². The Balaban J connectivity index is 1.76. The lowest BCUT2D eigenvalue weighted by atomic mass is 10.3. The highest BCUT2D eigenvalue weighted by atomic mass is 32.1.